The molecule has 1 aliphatic carbocycles. The highest BCUT2D eigenvalue weighted by Crippen LogP contribution is 2.18. The van der Waals surface area contributed by atoms with Crippen LogP contribution in [0.2, 0.25) is 0 Å². The van der Waals surface area contributed by atoms with E-state index in [0.717, 1.165) is 12.2 Å². The van der Waals surface area contributed by atoms with Crippen LogP contribution in [-0.4, -0.2) is 53.6 Å². The van der Waals surface area contributed by atoms with Gasteiger partial charge in [-0.25, -0.2) is 4.79 Å². The molecule has 2 atom stereocenters. The van der Waals surface area contributed by atoms with Crippen LogP contribution in [-0.2, 0) is 4.79 Å². The van der Waals surface area contributed by atoms with Gasteiger partial charge in [0.2, 0.25) is 0 Å². The van der Waals surface area contributed by atoms with E-state index >= 15 is 0 Å². The summed E-state index contributed by atoms with van der Waals surface area (Å²) in [5.74, 6) is -0.282. The number of carboxylic acids is 1. The zero-order chi connectivity index (χ0) is 13.5. The number of hydrogen-bond donors (Lipinski definition) is 2. The van der Waals surface area contributed by atoms with Crippen molar-refractivity contribution in [2.45, 2.75) is 18.9 Å². The van der Waals surface area contributed by atoms with Crippen LogP contribution in [0.25, 0.3) is 0 Å². The van der Waals surface area contributed by atoms with Crippen molar-refractivity contribution in [1.29, 1.82) is 0 Å². The number of aliphatic carboxylic acids is 1. The van der Waals surface area contributed by atoms with Crippen molar-refractivity contribution < 1.29 is 14.7 Å². The van der Waals surface area contributed by atoms with Crippen molar-refractivity contribution in [3.8, 4) is 0 Å². The number of carbonyl (C=O) groups is 2. The molecule has 0 aromatic heterocycles. The number of nitrogens with one attached hydrogen (secondary N) is 1. The highest BCUT2D eigenvalue weighted by molar-refractivity contribution is 7.98. The topological polar surface area (TPSA) is 69.6 Å². The minimum atomic E-state index is -0.837. The van der Waals surface area contributed by atoms with Gasteiger partial charge in [0.25, 0.3) is 0 Å². The Hall–Kier alpha value is -1.17. The molecule has 0 fully saturated rings. The summed E-state index contributed by atoms with van der Waals surface area (Å²) in [7, 11) is 1.75. The Bertz CT molecular complexity index is 333. The van der Waals surface area contributed by atoms with E-state index in [2.05, 4.69) is 5.32 Å². The van der Waals surface area contributed by atoms with Gasteiger partial charge in [-0.3, -0.25) is 4.79 Å². The van der Waals surface area contributed by atoms with Gasteiger partial charge in [0, 0.05) is 13.6 Å². The molecule has 18 heavy (non-hydrogen) atoms. The largest absolute Gasteiger partial charge is 0.481 e. The lowest BCUT2D eigenvalue weighted by molar-refractivity contribution is -0.140. The molecule has 0 spiro atoms. The van der Waals surface area contributed by atoms with Gasteiger partial charge in [0.15, 0.2) is 0 Å². The second kappa shape index (κ2) is 7.31. The highest BCUT2D eigenvalue weighted by Gasteiger charge is 2.25. The van der Waals surface area contributed by atoms with Crippen molar-refractivity contribution in [2.24, 2.45) is 5.92 Å². The van der Waals surface area contributed by atoms with E-state index < -0.39 is 11.9 Å². The normalized spacial score (nSPS) is 21.9. The Balaban J connectivity index is 2.29. The summed E-state index contributed by atoms with van der Waals surface area (Å²) in [6, 6.07) is -0.307. The van der Waals surface area contributed by atoms with Gasteiger partial charge >= 0.3 is 12.0 Å². The first-order valence-electron chi connectivity index (χ1n) is 5.96. The van der Waals surface area contributed by atoms with Crippen molar-refractivity contribution in [3.63, 3.8) is 0 Å². The number of rotatable bonds is 6. The number of thioether (sulfide) groups is 1. The maximum Gasteiger partial charge on any atom is 0.317 e. The average Bonchev–Trinajstić information content (AvgIpc) is 2.77. The molecule has 0 aromatic rings. The predicted molar refractivity (Wildman–Crippen MR) is 72.8 cm³/mol. The lowest BCUT2D eigenvalue weighted by Gasteiger charge is -2.20. The summed E-state index contributed by atoms with van der Waals surface area (Å²) in [6.45, 7) is 0.714. The zero-order valence-corrected chi connectivity index (χ0v) is 11.6. The van der Waals surface area contributed by atoms with E-state index in [-0.39, 0.29) is 12.1 Å². The number of carbonyl (C=O) groups excluding carboxylic acids is 1. The fourth-order valence-corrected chi connectivity index (χ4v) is 2.22. The number of nitrogens with zero attached hydrogens (tertiary/aromatic N) is 1. The van der Waals surface area contributed by atoms with Gasteiger partial charge in [-0.2, -0.15) is 11.8 Å². The van der Waals surface area contributed by atoms with Crippen molar-refractivity contribution in [2.75, 3.05) is 25.6 Å². The Kier molecular flexibility index (Phi) is 6.04. The van der Waals surface area contributed by atoms with Crippen molar-refractivity contribution >= 4 is 23.8 Å². The summed E-state index contributed by atoms with van der Waals surface area (Å²) in [5.41, 5.74) is 0. The maximum atomic E-state index is 11.8. The Morgan fingerprint density at radius 1 is 1.50 bits per heavy atom. The van der Waals surface area contributed by atoms with Crippen LogP contribution < -0.4 is 5.32 Å². The van der Waals surface area contributed by atoms with Crippen LogP contribution in [0.1, 0.15) is 12.8 Å². The first-order chi connectivity index (χ1) is 8.54. The summed E-state index contributed by atoms with van der Waals surface area (Å²) in [6.07, 6.45) is 6.84. The fourth-order valence-electron chi connectivity index (χ4n) is 1.81. The van der Waals surface area contributed by atoms with Crippen molar-refractivity contribution in [1.82, 2.24) is 10.2 Å². The predicted octanol–water partition coefficient (Wildman–Crippen LogP) is 1.41. The van der Waals surface area contributed by atoms with Gasteiger partial charge in [-0.15, -0.1) is 0 Å². The molecule has 1 rings (SSSR count). The van der Waals surface area contributed by atoms with Gasteiger partial charge in [0.05, 0.1) is 12.0 Å². The minimum Gasteiger partial charge on any atom is -0.481 e. The third-order valence-corrected chi connectivity index (χ3v) is 3.60. The van der Waals surface area contributed by atoms with E-state index in [1.54, 1.807) is 35.9 Å². The first-order valence-corrected chi connectivity index (χ1v) is 7.35. The second-order valence-corrected chi connectivity index (χ2v) is 5.37. The molecule has 102 valence electrons. The fraction of sp³-hybridized carbons (Fsp3) is 0.667. The molecule has 0 heterocycles. The number of carboxylic acid groups (broad SMARTS) is 1. The van der Waals surface area contributed by atoms with Gasteiger partial charge < -0.3 is 15.3 Å². The van der Waals surface area contributed by atoms with Crippen LogP contribution in [0.3, 0.4) is 0 Å². The van der Waals surface area contributed by atoms with Gasteiger partial charge in [0.1, 0.15) is 0 Å². The van der Waals surface area contributed by atoms with Crippen LogP contribution in [0.4, 0.5) is 4.79 Å². The first kappa shape index (κ1) is 14.9. The van der Waals surface area contributed by atoms with Crippen LogP contribution in [0.15, 0.2) is 12.2 Å². The maximum absolute atomic E-state index is 11.8. The Labute approximate surface area is 112 Å². The molecule has 6 heteroatoms. The van der Waals surface area contributed by atoms with Crippen molar-refractivity contribution in [3.05, 3.63) is 12.2 Å². The molecule has 2 amide bonds. The molecular weight excluding hydrogens is 252 g/mol. The SMILES string of the molecule is CSCCCN(C)C(=O)NC1C=CC(C(=O)O)C1. The standard InChI is InChI=1S/C12H20N2O3S/c1-14(6-3-7-18-2)12(17)13-10-5-4-9(8-10)11(15)16/h4-5,9-10H,3,6-8H2,1-2H3,(H,13,17)(H,15,16). The molecule has 0 aromatic carbocycles. The summed E-state index contributed by atoms with van der Waals surface area (Å²) < 4.78 is 0. The quantitative estimate of drug-likeness (QED) is 0.566. The van der Waals surface area contributed by atoms with E-state index in [9.17, 15) is 9.59 Å². The number of hydrogen-bond acceptors (Lipinski definition) is 3. The van der Waals surface area contributed by atoms with Crippen LogP contribution >= 0.6 is 11.8 Å². The third-order valence-electron chi connectivity index (χ3n) is 2.90. The molecule has 5 nitrogen and oxygen atoms in total. The smallest absolute Gasteiger partial charge is 0.317 e. The summed E-state index contributed by atoms with van der Waals surface area (Å²) in [4.78, 5) is 24.2. The lowest BCUT2D eigenvalue weighted by Crippen LogP contribution is -2.42. The molecule has 0 saturated carbocycles. The third kappa shape index (κ3) is 4.60. The number of urea groups is 1. The molecule has 2 unspecified atom stereocenters. The second-order valence-electron chi connectivity index (χ2n) is 4.39. The van der Waals surface area contributed by atoms with E-state index in [0.29, 0.717) is 13.0 Å². The van der Waals surface area contributed by atoms with E-state index in [4.69, 9.17) is 5.11 Å². The highest BCUT2D eigenvalue weighted by atomic mass is 32.2. The Morgan fingerprint density at radius 3 is 2.78 bits per heavy atom. The minimum absolute atomic E-state index is 0.142. The molecule has 2 N–H and O–H groups in total. The van der Waals surface area contributed by atoms with Gasteiger partial charge in [-0.05, 0) is 24.9 Å². The zero-order valence-electron chi connectivity index (χ0n) is 10.8. The monoisotopic (exact) mass is 272 g/mol. The molecule has 0 bridgehead atoms. The molecular formula is C12H20N2O3S. The number of amides is 2. The lowest BCUT2D eigenvalue weighted by atomic mass is 10.1. The average molecular weight is 272 g/mol. The van der Waals surface area contributed by atoms with Crippen LogP contribution in [0, 0.1) is 5.92 Å². The van der Waals surface area contributed by atoms with E-state index in [1.165, 1.54) is 0 Å². The Morgan fingerprint density at radius 2 is 2.22 bits per heavy atom. The van der Waals surface area contributed by atoms with E-state index in [1.807, 2.05) is 6.26 Å². The molecule has 1 aliphatic rings. The summed E-state index contributed by atoms with van der Waals surface area (Å²) in [5, 5.41) is 11.7. The molecule has 0 radical (unpaired) electrons. The van der Waals surface area contributed by atoms with Crippen LogP contribution in [0.5, 0.6) is 0 Å². The molecule has 0 aliphatic heterocycles. The molecule has 0 saturated heterocycles. The summed E-state index contributed by atoms with van der Waals surface area (Å²) >= 11 is 1.76. The van der Waals surface area contributed by atoms with Gasteiger partial charge in [-0.1, -0.05) is 12.2 Å².